The molecule has 4 rings (SSSR count). The molecule has 0 aliphatic rings. The minimum Gasteiger partial charge on any atom is -0.497 e. The van der Waals surface area contributed by atoms with Crippen LogP contribution in [-0.4, -0.2) is 63.6 Å². The number of methoxy groups -OCH3 is 1. The SMILES string of the molecule is COc1ccc(-c2nc3c(C(=O)N(CCN(C)[C@H](C)c4ccccc4)C(C)C)cnn3c(C(F)(F)F)c2C)cc1. The number of nitrogens with zero attached hydrogens (tertiary/aromatic N) is 5. The van der Waals surface area contributed by atoms with E-state index in [0.717, 1.165) is 10.1 Å². The molecule has 1 atom stereocenters. The second-order valence-corrected chi connectivity index (χ2v) is 10.1. The topological polar surface area (TPSA) is 63.0 Å². The van der Waals surface area contributed by atoms with Crippen molar-refractivity contribution >= 4 is 11.6 Å². The van der Waals surface area contributed by atoms with E-state index >= 15 is 0 Å². The summed E-state index contributed by atoms with van der Waals surface area (Å²) >= 11 is 0. The van der Waals surface area contributed by atoms with Gasteiger partial charge in [-0.1, -0.05) is 30.3 Å². The van der Waals surface area contributed by atoms with Crippen molar-refractivity contribution in [2.24, 2.45) is 0 Å². The summed E-state index contributed by atoms with van der Waals surface area (Å²) in [6.45, 7) is 8.16. The van der Waals surface area contributed by atoms with Crippen LogP contribution in [0.5, 0.6) is 5.75 Å². The Morgan fingerprint density at radius 1 is 1.02 bits per heavy atom. The third kappa shape index (κ3) is 5.82. The molecular formula is C30H34F3N5O2. The maximum absolute atomic E-state index is 14.3. The van der Waals surface area contributed by atoms with Gasteiger partial charge in [-0.2, -0.15) is 18.3 Å². The molecule has 0 spiro atoms. The van der Waals surface area contributed by atoms with Gasteiger partial charge in [0.2, 0.25) is 0 Å². The summed E-state index contributed by atoms with van der Waals surface area (Å²) < 4.78 is 48.8. The maximum atomic E-state index is 14.3. The van der Waals surface area contributed by atoms with Crippen molar-refractivity contribution in [1.82, 2.24) is 24.4 Å². The van der Waals surface area contributed by atoms with Gasteiger partial charge in [0, 0.05) is 36.3 Å². The lowest BCUT2D eigenvalue weighted by molar-refractivity contribution is -0.143. The first-order chi connectivity index (χ1) is 18.9. The highest BCUT2D eigenvalue weighted by Gasteiger charge is 2.39. The summed E-state index contributed by atoms with van der Waals surface area (Å²) in [6, 6.07) is 16.6. The number of hydrogen-bond acceptors (Lipinski definition) is 5. The van der Waals surface area contributed by atoms with Crippen LogP contribution < -0.4 is 4.74 Å². The lowest BCUT2D eigenvalue weighted by atomic mass is 10.0. The molecule has 4 aromatic rings. The largest absolute Gasteiger partial charge is 0.497 e. The fourth-order valence-corrected chi connectivity index (χ4v) is 4.78. The van der Waals surface area contributed by atoms with E-state index in [4.69, 9.17) is 4.74 Å². The van der Waals surface area contributed by atoms with Crippen molar-refractivity contribution in [2.45, 2.75) is 46.0 Å². The average molecular weight is 554 g/mol. The predicted molar refractivity (Wildman–Crippen MR) is 148 cm³/mol. The Kier molecular flexibility index (Phi) is 8.48. The maximum Gasteiger partial charge on any atom is 0.433 e. The zero-order chi connectivity index (χ0) is 29.2. The minimum atomic E-state index is -4.72. The molecule has 0 fully saturated rings. The van der Waals surface area contributed by atoms with Gasteiger partial charge in [0.05, 0.1) is 19.0 Å². The first-order valence-electron chi connectivity index (χ1n) is 13.1. The second-order valence-electron chi connectivity index (χ2n) is 10.1. The fourth-order valence-electron chi connectivity index (χ4n) is 4.78. The molecule has 0 saturated heterocycles. The van der Waals surface area contributed by atoms with E-state index in [1.807, 2.05) is 39.1 Å². The van der Waals surface area contributed by atoms with Gasteiger partial charge in [-0.15, -0.1) is 0 Å². The minimum absolute atomic E-state index is 0.0210. The molecule has 0 saturated carbocycles. The van der Waals surface area contributed by atoms with Crippen molar-refractivity contribution in [3.8, 4) is 17.0 Å². The lowest BCUT2D eigenvalue weighted by Gasteiger charge is -2.31. The summed E-state index contributed by atoms with van der Waals surface area (Å²) in [6.07, 6.45) is -3.53. The van der Waals surface area contributed by atoms with Crippen LogP contribution in [-0.2, 0) is 6.18 Å². The standard InChI is InChI=1S/C30H34F3N5O2/c1-19(2)37(17-16-36(5)21(4)22-10-8-7-9-11-22)29(39)25-18-34-38-27(30(31,32)33)20(3)26(35-28(25)38)23-12-14-24(40-6)15-13-23/h7-15,18-19,21H,16-17H2,1-6H3/t21-/m1/s1. The molecule has 212 valence electrons. The molecule has 0 bridgehead atoms. The van der Waals surface area contributed by atoms with Gasteiger partial charge < -0.3 is 9.64 Å². The number of amides is 1. The van der Waals surface area contributed by atoms with Crippen molar-refractivity contribution < 1.29 is 22.7 Å². The number of halogens is 3. The molecule has 10 heteroatoms. The zero-order valence-electron chi connectivity index (χ0n) is 23.5. The van der Waals surface area contributed by atoms with Crippen LogP contribution in [0, 0.1) is 6.92 Å². The Labute approximate surface area is 232 Å². The van der Waals surface area contributed by atoms with Crippen LogP contribution in [0.1, 0.15) is 54.0 Å². The number of benzene rings is 2. The van der Waals surface area contributed by atoms with Gasteiger partial charge in [-0.05, 0) is 64.6 Å². The van der Waals surface area contributed by atoms with Crippen LogP contribution in [0.2, 0.25) is 0 Å². The molecule has 2 heterocycles. The highest BCUT2D eigenvalue weighted by Crippen LogP contribution is 2.37. The number of aromatic nitrogens is 3. The number of carbonyl (C=O) groups excluding carboxylic acids is 1. The van der Waals surface area contributed by atoms with E-state index < -0.39 is 17.8 Å². The Morgan fingerprint density at radius 3 is 2.25 bits per heavy atom. The lowest BCUT2D eigenvalue weighted by Crippen LogP contribution is -2.42. The molecule has 0 aliphatic carbocycles. The molecule has 0 radical (unpaired) electrons. The van der Waals surface area contributed by atoms with Crippen molar-refractivity contribution in [1.29, 1.82) is 0 Å². The number of fused-ring (bicyclic) bond motifs is 1. The van der Waals surface area contributed by atoms with E-state index in [2.05, 4.69) is 34.0 Å². The third-order valence-electron chi connectivity index (χ3n) is 7.27. The van der Waals surface area contributed by atoms with Gasteiger partial charge in [0.1, 0.15) is 11.3 Å². The van der Waals surface area contributed by atoms with Gasteiger partial charge in [0.15, 0.2) is 11.3 Å². The second kappa shape index (κ2) is 11.7. The summed E-state index contributed by atoms with van der Waals surface area (Å²) in [4.78, 5) is 22.2. The monoisotopic (exact) mass is 553 g/mol. The van der Waals surface area contributed by atoms with Gasteiger partial charge >= 0.3 is 6.18 Å². The number of likely N-dealkylation sites (N-methyl/N-ethyl adjacent to an activating group) is 1. The van der Waals surface area contributed by atoms with Gasteiger partial charge in [0.25, 0.3) is 5.91 Å². The number of alkyl halides is 3. The fraction of sp³-hybridized carbons (Fsp3) is 0.367. The Balaban J connectivity index is 1.71. The number of carbonyl (C=O) groups is 1. The number of ether oxygens (including phenoxy) is 1. The summed E-state index contributed by atoms with van der Waals surface area (Å²) in [5, 5.41) is 3.99. The van der Waals surface area contributed by atoms with Gasteiger partial charge in [-0.25, -0.2) is 9.50 Å². The zero-order valence-corrected chi connectivity index (χ0v) is 23.5. The number of rotatable bonds is 9. The Hall–Kier alpha value is -3.92. The van der Waals surface area contributed by atoms with Crippen molar-refractivity contribution in [3.63, 3.8) is 0 Å². The van der Waals surface area contributed by atoms with Gasteiger partial charge in [-0.3, -0.25) is 9.69 Å². The molecular weight excluding hydrogens is 519 g/mol. The van der Waals surface area contributed by atoms with E-state index in [1.165, 1.54) is 20.2 Å². The van der Waals surface area contributed by atoms with Crippen molar-refractivity contribution in [3.05, 3.63) is 83.2 Å². The molecule has 2 aromatic heterocycles. The summed E-state index contributed by atoms with van der Waals surface area (Å²) in [7, 11) is 3.49. The quantitative estimate of drug-likeness (QED) is 0.244. The van der Waals surface area contributed by atoms with Crippen LogP contribution >= 0.6 is 0 Å². The van der Waals surface area contributed by atoms with Crippen LogP contribution in [0.15, 0.2) is 60.8 Å². The third-order valence-corrected chi connectivity index (χ3v) is 7.27. The molecule has 40 heavy (non-hydrogen) atoms. The highest BCUT2D eigenvalue weighted by molar-refractivity contribution is 6.00. The van der Waals surface area contributed by atoms with Crippen LogP contribution in [0.25, 0.3) is 16.9 Å². The molecule has 0 unspecified atom stereocenters. The normalized spacial score (nSPS) is 12.8. The van der Waals surface area contributed by atoms with E-state index in [-0.39, 0.29) is 34.6 Å². The Bertz CT molecular complexity index is 1470. The summed E-state index contributed by atoms with van der Waals surface area (Å²) in [5.41, 5.74) is 0.602. The number of hydrogen-bond donors (Lipinski definition) is 0. The van der Waals surface area contributed by atoms with Crippen LogP contribution in [0.3, 0.4) is 0 Å². The molecule has 2 aromatic carbocycles. The molecule has 1 amide bonds. The van der Waals surface area contributed by atoms with E-state index in [9.17, 15) is 18.0 Å². The predicted octanol–water partition coefficient (Wildman–Crippen LogP) is 6.28. The highest BCUT2D eigenvalue weighted by atomic mass is 19.4. The van der Waals surface area contributed by atoms with E-state index in [0.29, 0.717) is 24.4 Å². The Morgan fingerprint density at radius 2 is 1.68 bits per heavy atom. The average Bonchev–Trinajstić information content (AvgIpc) is 3.34. The first kappa shape index (κ1) is 29.1. The van der Waals surface area contributed by atoms with E-state index in [1.54, 1.807) is 29.2 Å². The smallest absolute Gasteiger partial charge is 0.433 e. The summed E-state index contributed by atoms with van der Waals surface area (Å²) in [5.74, 6) is 0.147. The van der Waals surface area contributed by atoms with Crippen LogP contribution in [0.4, 0.5) is 13.2 Å². The molecule has 0 aliphatic heterocycles. The molecule has 7 nitrogen and oxygen atoms in total. The van der Waals surface area contributed by atoms with Crippen molar-refractivity contribution in [2.75, 3.05) is 27.2 Å². The molecule has 0 N–H and O–H groups in total. The first-order valence-corrected chi connectivity index (χ1v) is 13.1.